The largest absolute Gasteiger partial charge is 0.468 e. The van der Waals surface area contributed by atoms with Gasteiger partial charge in [-0.1, -0.05) is 45.7 Å². The number of nitrogens with two attached hydrogens (primary N) is 1. The van der Waals surface area contributed by atoms with E-state index in [0.29, 0.717) is 10.7 Å². The van der Waals surface area contributed by atoms with Crippen molar-refractivity contribution in [2.24, 2.45) is 0 Å². The highest BCUT2D eigenvalue weighted by atomic mass is 79.9. The smallest absolute Gasteiger partial charge is 0.319 e. The van der Waals surface area contributed by atoms with Gasteiger partial charge in [-0.3, -0.25) is 10.1 Å². The first-order chi connectivity index (χ1) is 10.5. The molecule has 0 aliphatic heterocycles. The number of nitrogen functional groups attached to an aromatic ring is 1. The van der Waals surface area contributed by atoms with Gasteiger partial charge >= 0.3 is 5.97 Å². The topological polar surface area (TPSA) is 64.3 Å². The molecule has 0 saturated carbocycles. The fraction of sp³-hybridized carbons (Fsp3) is 0.188. The minimum atomic E-state index is -0.356. The van der Waals surface area contributed by atoms with Crippen molar-refractivity contribution in [3.8, 4) is 0 Å². The average Bonchev–Trinajstić information content (AvgIpc) is 2.52. The van der Waals surface area contributed by atoms with Crippen molar-refractivity contribution in [2.75, 3.05) is 19.4 Å². The van der Waals surface area contributed by atoms with E-state index in [0.717, 1.165) is 15.6 Å². The lowest BCUT2D eigenvalue weighted by atomic mass is 9.97. The normalized spacial score (nSPS) is 12.0. The number of halogens is 2. The van der Waals surface area contributed by atoms with Gasteiger partial charge in [0.2, 0.25) is 0 Å². The number of benzene rings is 2. The molecule has 0 amide bonds. The summed E-state index contributed by atoms with van der Waals surface area (Å²) >= 11 is 9.74. The van der Waals surface area contributed by atoms with Crippen LogP contribution in [0.1, 0.15) is 17.2 Å². The van der Waals surface area contributed by atoms with Crippen LogP contribution in [0.3, 0.4) is 0 Å². The zero-order chi connectivity index (χ0) is 16.1. The summed E-state index contributed by atoms with van der Waals surface area (Å²) in [4.78, 5) is 11.5. The van der Waals surface area contributed by atoms with Gasteiger partial charge in [0.1, 0.15) is 0 Å². The predicted octanol–water partition coefficient (Wildman–Crippen LogP) is 3.54. The van der Waals surface area contributed by atoms with Crippen LogP contribution in [0.15, 0.2) is 46.9 Å². The van der Waals surface area contributed by atoms with Gasteiger partial charge in [0, 0.05) is 15.2 Å². The van der Waals surface area contributed by atoms with Crippen LogP contribution >= 0.6 is 27.5 Å². The van der Waals surface area contributed by atoms with Crippen molar-refractivity contribution in [2.45, 2.75) is 6.04 Å². The van der Waals surface area contributed by atoms with Gasteiger partial charge in [0.25, 0.3) is 0 Å². The fourth-order valence-corrected chi connectivity index (χ4v) is 2.77. The van der Waals surface area contributed by atoms with Crippen molar-refractivity contribution < 1.29 is 9.53 Å². The molecule has 0 spiro atoms. The Hall–Kier alpha value is -1.56. The van der Waals surface area contributed by atoms with Crippen LogP contribution in [0.25, 0.3) is 0 Å². The van der Waals surface area contributed by atoms with Crippen LogP contribution in [0.4, 0.5) is 5.69 Å². The minimum Gasteiger partial charge on any atom is -0.468 e. The van der Waals surface area contributed by atoms with E-state index in [9.17, 15) is 4.79 Å². The molecule has 1 atom stereocenters. The lowest BCUT2D eigenvalue weighted by Gasteiger charge is -2.22. The lowest BCUT2D eigenvalue weighted by molar-refractivity contribution is -0.139. The van der Waals surface area contributed by atoms with Crippen molar-refractivity contribution in [3.63, 3.8) is 0 Å². The zero-order valence-electron chi connectivity index (χ0n) is 12.0. The molecule has 0 saturated heterocycles. The third-order valence-corrected chi connectivity index (χ3v) is 4.09. The van der Waals surface area contributed by atoms with E-state index in [1.165, 1.54) is 7.11 Å². The number of esters is 1. The fourth-order valence-electron chi connectivity index (χ4n) is 2.15. The highest BCUT2D eigenvalue weighted by Crippen LogP contribution is 2.32. The molecule has 0 radical (unpaired) electrons. The van der Waals surface area contributed by atoms with Crippen LogP contribution in [0, 0.1) is 0 Å². The van der Waals surface area contributed by atoms with Gasteiger partial charge in [-0.2, -0.15) is 0 Å². The summed E-state index contributed by atoms with van der Waals surface area (Å²) in [6.45, 7) is 0.0539. The van der Waals surface area contributed by atoms with E-state index in [2.05, 4.69) is 26.0 Å². The molecule has 2 aromatic carbocycles. The maximum atomic E-state index is 11.5. The summed E-state index contributed by atoms with van der Waals surface area (Å²) in [5.74, 6) is -0.356. The maximum Gasteiger partial charge on any atom is 0.319 e. The summed E-state index contributed by atoms with van der Waals surface area (Å²) in [5.41, 5.74) is 8.40. The van der Waals surface area contributed by atoms with Gasteiger partial charge in [-0.25, -0.2) is 0 Å². The molecule has 0 bridgehead atoms. The van der Waals surface area contributed by atoms with Crippen LogP contribution in [-0.4, -0.2) is 19.6 Å². The number of carbonyl (C=O) groups is 1. The van der Waals surface area contributed by atoms with Gasteiger partial charge in [0.15, 0.2) is 0 Å². The number of hydrogen-bond acceptors (Lipinski definition) is 4. The number of carbonyl (C=O) groups excluding carboxylic acids is 1. The number of rotatable bonds is 5. The van der Waals surface area contributed by atoms with Crippen LogP contribution < -0.4 is 11.1 Å². The molecule has 0 heterocycles. The van der Waals surface area contributed by atoms with Gasteiger partial charge in [-0.15, -0.1) is 0 Å². The molecule has 2 rings (SSSR count). The van der Waals surface area contributed by atoms with Crippen molar-refractivity contribution in [3.05, 3.63) is 63.1 Å². The van der Waals surface area contributed by atoms with Crippen molar-refractivity contribution >= 4 is 39.2 Å². The lowest BCUT2D eigenvalue weighted by Crippen LogP contribution is -2.29. The molecule has 0 unspecified atom stereocenters. The first kappa shape index (κ1) is 16.8. The highest BCUT2D eigenvalue weighted by molar-refractivity contribution is 9.10. The molecular formula is C16H16BrClN2O2. The number of ether oxygens (including phenoxy) is 1. The van der Waals surface area contributed by atoms with E-state index in [4.69, 9.17) is 17.3 Å². The van der Waals surface area contributed by atoms with Crippen molar-refractivity contribution in [1.82, 2.24) is 5.32 Å². The SMILES string of the molecule is COC(=O)CN[C@H](c1cc(Br)ccc1N)c1ccccc1Cl. The van der Waals surface area contributed by atoms with E-state index in [-0.39, 0.29) is 18.6 Å². The summed E-state index contributed by atoms with van der Waals surface area (Å²) < 4.78 is 5.58. The Bertz CT molecular complexity index is 679. The Morgan fingerprint density at radius 1 is 1.32 bits per heavy atom. The molecule has 6 heteroatoms. The number of nitrogens with one attached hydrogen (secondary N) is 1. The Kier molecular flexibility index (Phi) is 5.83. The number of anilines is 1. The predicted molar refractivity (Wildman–Crippen MR) is 91.9 cm³/mol. The second kappa shape index (κ2) is 7.63. The number of methoxy groups -OCH3 is 1. The monoisotopic (exact) mass is 382 g/mol. The van der Waals surface area contributed by atoms with Gasteiger partial charge in [-0.05, 0) is 35.4 Å². The molecule has 22 heavy (non-hydrogen) atoms. The zero-order valence-corrected chi connectivity index (χ0v) is 14.3. The molecule has 0 aliphatic rings. The molecular weight excluding hydrogens is 368 g/mol. The standard InChI is InChI=1S/C16H16BrClN2O2/c1-22-15(21)9-20-16(11-4-2-3-5-13(11)18)12-8-10(17)6-7-14(12)19/h2-8,16,20H,9,19H2,1H3/t16-/m0/s1. The van der Waals surface area contributed by atoms with Gasteiger partial charge < -0.3 is 10.5 Å². The second-order valence-electron chi connectivity index (χ2n) is 4.68. The molecule has 0 fully saturated rings. The van der Waals surface area contributed by atoms with Crippen LogP contribution in [0.5, 0.6) is 0 Å². The minimum absolute atomic E-state index is 0.0539. The molecule has 0 aliphatic carbocycles. The maximum absolute atomic E-state index is 11.5. The van der Waals surface area contributed by atoms with Crippen LogP contribution in [-0.2, 0) is 9.53 Å². The van der Waals surface area contributed by atoms with Gasteiger partial charge in [0.05, 0.1) is 19.7 Å². The summed E-state index contributed by atoms with van der Waals surface area (Å²) in [7, 11) is 1.35. The van der Waals surface area contributed by atoms with E-state index in [1.807, 2.05) is 36.4 Å². The molecule has 4 nitrogen and oxygen atoms in total. The second-order valence-corrected chi connectivity index (χ2v) is 6.01. The first-order valence-electron chi connectivity index (χ1n) is 6.62. The Morgan fingerprint density at radius 2 is 2.05 bits per heavy atom. The molecule has 0 aromatic heterocycles. The van der Waals surface area contributed by atoms with E-state index < -0.39 is 0 Å². The summed E-state index contributed by atoms with van der Waals surface area (Å²) in [6, 6.07) is 12.7. The third kappa shape index (κ3) is 4.00. The van der Waals surface area contributed by atoms with Crippen LogP contribution in [0.2, 0.25) is 5.02 Å². The Morgan fingerprint density at radius 3 is 2.73 bits per heavy atom. The van der Waals surface area contributed by atoms with Crippen molar-refractivity contribution in [1.29, 1.82) is 0 Å². The highest BCUT2D eigenvalue weighted by Gasteiger charge is 2.20. The quantitative estimate of drug-likeness (QED) is 0.612. The Balaban J connectivity index is 2.43. The summed E-state index contributed by atoms with van der Waals surface area (Å²) in [5, 5.41) is 3.75. The third-order valence-electron chi connectivity index (χ3n) is 3.25. The van der Waals surface area contributed by atoms with E-state index in [1.54, 1.807) is 6.07 Å². The molecule has 2 aromatic rings. The molecule has 3 N–H and O–H groups in total. The number of hydrogen-bond donors (Lipinski definition) is 2. The Labute approximate surface area is 142 Å². The first-order valence-corrected chi connectivity index (χ1v) is 7.79. The molecule has 116 valence electrons. The summed E-state index contributed by atoms with van der Waals surface area (Å²) in [6.07, 6.45) is 0. The van der Waals surface area contributed by atoms with E-state index >= 15 is 0 Å². The average molecular weight is 384 g/mol.